The Kier molecular flexibility index (Phi) is 4.54. The zero-order valence-corrected chi connectivity index (χ0v) is 16.5. The van der Waals surface area contributed by atoms with Crippen molar-refractivity contribution < 1.29 is 14.7 Å². The van der Waals surface area contributed by atoms with Gasteiger partial charge < -0.3 is 10.0 Å². The van der Waals surface area contributed by atoms with Crippen LogP contribution < -0.4 is 0 Å². The molecule has 1 saturated heterocycles. The molecular formula is C21H24N2O3S. The van der Waals surface area contributed by atoms with Crippen LogP contribution in [0, 0.1) is 11.3 Å². The first kappa shape index (κ1) is 18.2. The lowest BCUT2D eigenvalue weighted by molar-refractivity contribution is -0.139. The first-order valence-electron chi connectivity index (χ1n) is 9.47. The number of nitrogens with zero attached hydrogens (tertiary/aromatic N) is 2. The molecule has 142 valence electrons. The molecule has 1 N–H and O–H groups in total. The summed E-state index contributed by atoms with van der Waals surface area (Å²) in [6.45, 7) is 5.58. The van der Waals surface area contributed by atoms with E-state index in [1.165, 1.54) is 16.9 Å². The summed E-state index contributed by atoms with van der Waals surface area (Å²) < 4.78 is 0. The number of rotatable bonds is 4. The number of benzene rings is 1. The minimum absolute atomic E-state index is 0.0429. The summed E-state index contributed by atoms with van der Waals surface area (Å²) in [6, 6.07) is 8.35. The van der Waals surface area contributed by atoms with E-state index in [0.717, 1.165) is 29.8 Å². The van der Waals surface area contributed by atoms with E-state index < -0.39 is 5.97 Å². The van der Waals surface area contributed by atoms with Gasteiger partial charge in [0.25, 0.3) is 5.91 Å². The number of aliphatic carboxylic acids is 1. The van der Waals surface area contributed by atoms with Crippen molar-refractivity contribution in [3.05, 3.63) is 40.9 Å². The summed E-state index contributed by atoms with van der Waals surface area (Å²) in [5.41, 5.74) is 2.75. The molecule has 27 heavy (non-hydrogen) atoms. The molecule has 0 bridgehead atoms. The highest BCUT2D eigenvalue weighted by molar-refractivity contribution is 7.13. The summed E-state index contributed by atoms with van der Waals surface area (Å²) in [7, 11) is 0. The first-order chi connectivity index (χ1) is 12.9. The van der Waals surface area contributed by atoms with Gasteiger partial charge in [-0.25, -0.2) is 4.98 Å². The fraction of sp³-hybridized carbons (Fsp3) is 0.476. The summed E-state index contributed by atoms with van der Waals surface area (Å²) in [6.07, 6.45) is 2.32. The normalized spacial score (nSPS) is 20.9. The molecule has 6 heteroatoms. The molecule has 4 rings (SSSR count). The first-order valence-corrected chi connectivity index (χ1v) is 10.4. The number of amides is 1. The highest BCUT2D eigenvalue weighted by Crippen LogP contribution is 2.59. The van der Waals surface area contributed by atoms with E-state index in [1.807, 2.05) is 10.3 Å². The van der Waals surface area contributed by atoms with Crippen LogP contribution in [-0.4, -0.2) is 40.0 Å². The van der Waals surface area contributed by atoms with Crippen LogP contribution in [0.4, 0.5) is 0 Å². The molecule has 1 aliphatic heterocycles. The second-order valence-electron chi connectivity index (χ2n) is 8.06. The maximum Gasteiger partial charge on any atom is 0.307 e. The molecule has 1 aromatic heterocycles. The predicted molar refractivity (Wildman–Crippen MR) is 105 cm³/mol. The largest absolute Gasteiger partial charge is 0.481 e. The second kappa shape index (κ2) is 6.75. The van der Waals surface area contributed by atoms with Gasteiger partial charge >= 0.3 is 5.97 Å². The van der Waals surface area contributed by atoms with Crippen LogP contribution in [0.2, 0.25) is 0 Å². The number of carboxylic acids is 1. The lowest BCUT2D eigenvalue weighted by Crippen LogP contribution is -2.40. The number of carboxylic acid groups (broad SMARTS) is 1. The summed E-state index contributed by atoms with van der Waals surface area (Å²) in [5.74, 6) is -0.461. The second-order valence-corrected chi connectivity index (χ2v) is 8.92. The molecule has 2 aliphatic rings. The van der Waals surface area contributed by atoms with Crippen LogP contribution in [0.1, 0.15) is 55.1 Å². The molecule has 1 aliphatic carbocycles. The number of carbonyl (C=O) groups is 2. The fourth-order valence-corrected chi connectivity index (χ4v) is 4.88. The number of hydrogen-bond donors (Lipinski definition) is 1. The Labute approximate surface area is 163 Å². The minimum atomic E-state index is -0.692. The van der Waals surface area contributed by atoms with Crippen LogP contribution in [0.25, 0.3) is 10.6 Å². The van der Waals surface area contributed by atoms with Crippen molar-refractivity contribution in [1.29, 1.82) is 0 Å². The number of likely N-dealkylation sites (tertiary alicyclic amines) is 1. The third-order valence-corrected chi connectivity index (χ3v) is 6.97. The van der Waals surface area contributed by atoms with Gasteiger partial charge in [-0.15, -0.1) is 11.3 Å². The molecular weight excluding hydrogens is 360 g/mol. The smallest absolute Gasteiger partial charge is 0.307 e. The van der Waals surface area contributed by atoms with Crippen molar-refractivity contribution >= 4 is 23.2 Å². The van der Waals surface area contributed by atoms with Gasteiger partial charge in [0.05, 0.1) is 5.92 Å². The van der Waals surface area contributed by atoms with Crippen LogP contribution in [0.15, 0.2) is 29.6 Å². The van der Waals surface area contributed by atoms with Gasteiger partial charge in [0.15, 0.2) is 0 Å². The molecule has 1 atom stereocenters. The molecule has 1 saturated carbocycles. The highest BCUT2D eigenvalue weighted by atomic mass is 32.1. The molecule has 5 nitrogen and oxygen atoms in total. The molecule has 1 amide bonds. The predicted octanol–water partition coefficient (Wildman–Crippen LogP) is 4.26. The van der Waals surface area contributed by atoms with E-state index in [9.17, 15) is 14.7 Å². The lowest BCUT2D eigenvalue weighted by Gasteiger charge is -2.32. The average Bonchev–Trinajstić information content (AvgIpc) is 3.14. The topological polar surface area (TPSA) is 70.5 Å². The zero-order valence-electron chi connectivity index (χ0n) is 15.6. The Bertz CT molecular complexity index is 864. The summed E-state index contributed by atoms with van der Waals surface area (Å²) in [5, 5.41) is 11.9. The van der Waals surface area contributed by atoms with E-state index in [0.29, 0.717) is 24.7 Å². The van der Waals surface area contributed by atoms with Crippen LogP contribution in [0.3, 0.4) is 0 Å². The maximum atomic E-state index is 12.8. The number of piperidine rings is 1. The number of aromatic nitrogens is 1. The van der Waals surface area contributed by atoms with Gasteiger partial charge in [0.2, 0.25) is 0 Å². The van der Waals surface area contributed by atoms with Crippen molar-refractivity contribution in [2.45, 2.75) is 39.0 Å². The number of carbonyl (C=O) groups excluding carboxylic acids is 1. The quantitative estimate of drug-likeness (QED) is 0.855. The monoisotopic (exact) mass is 384 g/mol. The Morgan fingerprint density at radius 3 is 2.44 bits per heavy atom. The zero-order chi connectivity index (χ0) is 19.2. The Morgan fingerprint density at radius 2 is 1.89 bits per heavy atom. The van der Waals surface area contributed by atoms with Gasteiger partial charge in [-0.05, 0) is 36.2 Å². The standard InChI is InChI=1S/C21H24N2O3S/c1-13(2)14-3-5-15(6-4-14)18-22-17(12-27-18)19(24)23-9-7-21(8-10-23)11-16(21)20(25)26/h3-6,12-13,16H,7-11H2,1-2H3,(H,25,26). The van der Waals surface area contributed by atoms with Crippen LogP contribution in [0.5, 0.6) is 0 Å². The fourth-order valence-electron chi connectivity index (χ4n) is 4.08. The van der Waals surface area contributed by atoms with E-state index in [-0.39, 0.29) is 17.2 Å². The van der Waals surface area contributed by atoms with Crippen LogP contribution >= 0.6 is 11.3 Å². The number of hydrogen-bond acceptors (Lipinski definition) is 4. The third kappa shape index (κ3) is 3.38. The molecule has 1 spiro atoms. The van der Waals surface area contributed by atoms with Gasteiger partial charge in [-0.1, -0.05) is 38.1 Å². The Morgan fingerprint density at radius 1 is 1.22 bits per heavy atom. The van der Waals surface area contributed by atoms with E-state index in [1.54, 1.807) is 0 Å². The van der Waals surface area contributed by atoms with Crippen molar-refractivity contribution in [3.63, 3.8) is 0 Å². The molecule has 2 aromatic rings. The molecule has 2 heterocycles. The maximum absolute atomic E-state index is 12.8. The molecule has 2 fully saturated rings. The minimum Gasteiger partial charge on any atom is -0.481 e. The van der Waals surface area contributed by atoms with Gasteiger partial charge in [-0.3, -0.25) is 9.59 Å². The SMILES string of the molecule is CC(C)c1ccc(-c2nc(C(=O)N3CCC4(CC3)CC4C(=O)O)cs2)cc1. The van der Waals surface area contributed by atoms with E-state index in [2.05, 4.69) is 43.1 Å². The van der Waals surface area contributed by atoms with Crippen molar-refractivity contribution in [2.75, 3.05) is 13.1 Å². The molecule has 1 aromatic carbocycles. The third-order valence-electron chi connectivity index (χ3n) is 6.08. The van der Waals surface area contributed by atoms with Gasteiger partial charge in [0, 0.05) is 24.0 Å². The average molecular weight is 385 g/mol. The van der Waals surface area contributed by atoms with Crippen molar-refractivity contribution in [3.8, 4) is 10.6 Å². The van der Waals surface area contributed by atoms with Gasteiger partial charge in [0.1, 0.15) is 10.7 Å². The summed E-state index contributed by atoms with van der Waals surface area (Å²) >= 11 is 1.49. The molecule has 0 radical (unpaired) electrons. The van der Waals surface area contributed by atoms with Gasteiger partial charge in [-0.2, -0.15) is 0 Å². The Balaban J connectivity index is 1.41. The van der Waals surface area contributed by atoms with Crippen molar-refractivity contribution in [1.82, 2.24) is 9.88 Å². The Hall–Kier alpha value is -2.21. The lowest BCUT2D eigenvalue weighted by atomic mass is 9.90. The van der Waals surface area contributed by atoms with Crippen LogP contribution in [-0.2, 0) is 4.79 Å². The molecule has 1 unspecified atom stereocenters. The highest BCUT2D eigenvalue weighted by Gasteiger charge is 2.59. The van der Waals surface area contributed by atoms with Crippen molar-refractivity contribution in [2.24, 2.45) is 11.3 Å². The van der Waals surface area contributed by atoms with E-state index in [4.69, 9.17) is 0 Å². The number of thiazole rings is 1. The summed E-state index contributed by atoms with van der Waals surface area (Å²) in [4.78, 5) is 30.3. The van der Waals surface area contributed by atoms with E-state index >= 15 is 0 Å².